The molecule has 0 spiro atoms. The van der Waals surface area contributed by atoms with Gasteiger partial charge in [0.2, 0.25) is 5.95 Å². The third-order valence-electron chi connectivity index (χ3n) is 9.02. The number of aromatic nitrogens is 5. The van der Waals surface area contributed by atoms with Gasteiger partial charge in [0.1, 0.15) is 16.8 Å². The van der Waals surface area contributed by atoms with Crippen LogP contribution in [-0.4, -0.2) is 24.5 Å². The SMILES string of the molecule is c1ccc(-c2nc(-c3ccccc3)c3oc4cc5c6ccccc6n(-c6nc(-c7ccccc7)c7ccccc7n6)c5cc4c3n2)cc1. The Morgan fingerprint density at radius 1 is 0.438 bits per heavy atom. The van der Waals surface area contributed by atoms with Crippen molar-refractivity contribution >= 4 is 54.8 Å². The maximum Gasteiger partial charge on any atom is 0.235 e. The Balaban J connectivity index is 1.31. The van der Waals surface area contributed by atoms with Crippen molar-refractivity contribution in [1.82, 2.24) is 24.5 Å². The van der Waals surface area contributed by atoms with Crippen molar-refractivity contribution in [3.05, 3.63) is 152 Å². The van der Waals surface area contributed by atoms with Crippen LogP contribution in [0.15, 0.2) is 156 Å². The molecular formula is C42H25N5O. The molecule has 4 heterocycles. The molecule has 0 atom stereocenters. The minimum Gasteiger partial charge on any atom is -0.452 e. The third-order valence-corrected chi connectivity index (χ3v) is 9.02. The van der Waals surface area contributed by atoms with Crippen molar-refractivity contribution in [3.8, 4) is 39.9 Å². The van der Waals surface area contributed by atoms with Gasteiger partial charge in [-0.25, -0.2) is 19.9 Å². The lowest BCUT2D eigenvalue weighted by Gasteiger charge is -2.11. The Labute approximate surface area is 274 Å². The summed E-state index contributed by atoms with van der Waals surface area (Å²) >= 11 is 0. The zero-order chi connectivity index (χ0) is 31.6. The van der Waals surface area contributed by atoms with Crippen LogP contribution < -0.4 is 0 Å². The first-order valence-electron chi connectivity index (χ1n) is 15.9. The molecule has 0 N–H and O–H groups in total. The minimum absolute atomic E-state index is 0.607. The number of fused-ring (bicyclic) bond motifs is 7. The molecule has 0 saturated heterocycles. The molecule has 6 aromatic carbocycles. The van der Waals surface area contributed by atoms with E-state index in [4.69, 9.17) is 24.4 Å². The summed E-state index contributed by atoms with van der Waals surface area (Å²) < 4.78 is 8.84. The second-order valence-corrected chi connectivity index (χ2v) is 11.9. The van der Waals surface area contributed by atoms with Crippen LogP contribution in [0.5, 0.6) is 0 Å². The Morgan fingerprint density at radius 2 is 1.06 bits per heavy atom. The zero-order valence-corrected chi connectivity index (χ0v) is 25.6. The van der Waals surface area contributed by atoms with E-state index in [1.807, 2.05) is 78.9 Å². The highest BCUT2D eigenvalue weighted by Crippen LogP contribution is 2.40. The molecule has 10 rings (SSSR count). The quantitative estimate of drug-likeness (QED) is 0.197. The van der Waals surface area contributed by atoms with Gasteiger partial charge in [0.15, 0.2) is 11.4 Å². The monoisotopic (exact) mass is 615 g/mol. The van der Waals surface area contributed by atoms with Gasteiger partial charge < -0.3 is 4.42 Å². The topological polar surface area (TPSA) is 69.6 Å². The van der Waals surface area contributed by atoms with E-state index >= 15 is 0 Å². The summed E-state index contributed by atoms with van der Waals surface area (Å²) in [6.45, 7) is 0. The van der Waals surface area contributed by atoms with E-state index in [0.29, 0.717) is 17.4 Å². The predicted molar refractivity (Wildman–Crippen MR) is 193 cm³/mol. The van der Waals surface area contributed by atoms with Gasteiger partial charge in [0, 0.05) is 38.2 Å². The van der Waals surface area contributed by atoms with E-state index < -0.39 is 0 Å². The molecule has 0 bridgehead atoms. The highest BCUT2D eigenvalue weighted by atomic mass is 16.3. The number of benzene rings is 6. The molecule has 0 aliphatic rings. The highest BCUT2D eigenvalue weighted by Gasteiger charge is 2.22. The van der Waals surface area contributed by atoms with E-state index in [0.717, 1.165) is 77.3 Å². The van der Waals surface area contributed by atoms with Crippen LogP contribution in [0, 0.1) is 0 Å². The average Bonchev–Trinajstić information content (AvgIpc) is 3.69. The fraction of sp³-hybridized carbons (Fsp3) is 0. The molecule has 0 saturated carbocycles. The number of rotatable bonds is 4. The lowest BCUT2D eigenvalue weighted by molar-refractivity contribution is 0.668. The second kappa shape index (κ2) is 10.4. The van der Waals surface area contributed by atoms with Gasteiger partial charge in [0.05, 0.1) is 22.2 Å². The summed E-state index contributed by atoms with van der Waals surface area (Å²) in [7, 11) is 0. The fourth-order valence-electron chi connectivity index (χ4n) is 6.81. The van der Waals surface area contributed by atoms with Gasteiger partial charge in [-0.05, 0) is 24.3 Å². The molecule has 0 unspecified atom stereocenters. The molecule has 0 radical (unpaired) electrons. The number of furan rings is 1. The zero-order valence-electron chi connectivity index (χ0n) is 25.6. The summed E-state index contributed by atoms with van der Waals surface area (Å²) in [6.07, 6.45) is 0. The Hall–Kier alpha value is -6.66. The standard InChI is InChI=1S/C42H25N5O/c1-4-14-26(15-5-1)37-30-21-10-12-22-33(30)43-42(46-37)47-34-23-13-11-20-29(34)31-25-36-32(24-35(31)47)39-40(48-36)38(27-16-6-2-7-17-27)44-41(45-39)28-18-8-3-9-19-28/h1-25H. The van der Waals surface area contributed by atoms with Crippen molar-refractivity contribution in [2.45, 2.75) is 0 Å². The molecule has 6 nitrogen and oxygen atoms in total. The molecule has 4 aromatic heterocycles. The average molecular weight is 616 g/mol. The van der Waals surface area contributed by atoms with E-state index in [2.05, 4.69) is 77.4 Å². The summed E-state index contributed by atoms with van der Waals surface area (Å²) in [4.78, 5) is 20.6. The van der Waals surface area contributed by atoms with Crippen LogP contribution in [0.25, 0.3) is 94.6 Å². The van der Waals surface area contributed by atoms with Crippen LogP contribution in [0.4, 0.5) is 0 Å². The van der Waals surface area contributed by atoms with Crippen LogP contribution in [0.3, 0.4) is 0 Å². The van der Waals surface area contributed by atoms with Gasteiger partial charge in [-0.15, -0.1) is 0 Å². The molecule has 0 aliphatic carbocycles. The van der Waals surface area contributed by atoms with E-state index in [1.54, 1.807) is 0 Å². The van der Waals surface area contributed by atoms with Crippen LogP contribution in [-0.2, 0) is 0 Å². The van der Waals surface area contributed by atoms with Gasteiger partial charge >= 0.3 is 0 Å². The number of para-hydroxylation sites is 2. The molecule has 0 aliphatic heterocycles. The normalized spacial score (nSPS) is 11.8. The first kappa shape index (κ1) is 26.5. The van der Waals surface area contributed by atoms with Gasteiger partial charge in [-0.3, -0.25) is 4.57 Å². The number of nitrogens with zero attached hydrogens (tertiary/aromatic N) is 5. The largest absolute Gasteiger partial charge is 0.452 e. The van der Waals surface area contributed by atoms with E-state index in [-0.39, 0.29) is 0 Å². The molecule has 10 aromatic rings. The summed E-state index contributed by atoms with van der Waals surface area (Å²) in [5, 5.41) is 4.05. The second-order valence-electron chi connectivity index (χ2n) is 11.9. The Morgan fingerprint density at radius 3 is 1.81 bits per heavy atom. The van der Waals surface area contributed by atoms with Crippen molar-refractivity contribution in [1.29, 1.82) is 0 Å². The van der Waals surface area contributed by atoms with Gasteiger partial charge in [-0.1, -0.05) is 127 Å². The maximum absolute atomic E-state index is 6.67. The van der Waals surface area contributed by atoms with Crippen molar-refractivity contribution in [3.63, 3.8) is 0 Å². The third kappa shape index (κ3) is 4.06. The molecule has 224 valence electrons. The molecular weight excluding hydrogens is 590 g/mol. The maximum atomic E-state index is 6.67. The lowest BCUT2D eigenvalue weighted by atomic mass is 10.1. The van der Waals surface area contributed by atoms with E-state index in [9.17, 15) is 0 Å². The van der Waals surface area contributed by atoms with Gasteiger partial charge in [-0.2, -0.15) is 0 Å². The number of hydrogen-bond acceptors (Lipinski definition) is 5. The van der Waals surface area contributed by atoms with Gasteiger partial charge in [0.25, 0.3) is 0 Å². The summed E-state index contributed by atoms with van der Waals surface area (Å²) in [6, 6.07) is 51.4. The predicted octanol–water partition coefficient (Wildman–Crippen LogP) is 10.4. The summed E-state index contributed by atoms with van der Waals surface area (Å²) in [5.74, 6) is 1.26. The van der Waals surface area contributed by atoms with E-state index in [1.165, 1.54) is 0 Å². The molecule has 48 heavy (non-hydrogen) atoms. The first-order valence-corrected chi connectivity index (χ1v) is 15.9. The Bertz CT molecular complexity index is 2820. The Kier molecular flexibility index (Phi) is 5.77. The highest BCUT2D eigenvalue weighted by molar-refractivity contribution is 6.17. The molecule has 0 fully saturated rings. The number of hydrogen-bond donors (Lipinski definition) is 0. The summed E-state index contributed by atoms with van der Waals surface area (Å²) in [5.41, 5.74) is 9.66. The first-order chi connectivity index (χ1) is 23.8. The fourth-order valence-corrected chi connectivity index (χ4v) is 6.81. The minimum atomic E-state index is 0.607. The van der Waals surface area contributed by atoms with Crippen molar-refractivity contribution in [2.75, 3.05) is 0 Å². The van der Waals surface area contributed by atoms with Crippen molar-refractivity contribution in [2.24, 2.45) is 0 Å². The van der Waals surface area contributed by atoms with Crippen molar-refractivity contribution < 1.29 is 4.42 Å². The van der Waals surface area contributed by atoms with Crippen LogP contribution in [0.1, 0.15) is 0 Å². The van der Waals surface area contributed by atoms with Crippen LogP contribution >= 0.6 is 0 Å². The lowest BCUT2D eigenvalue weighted by Crippen LogP contribution is -2.03. The smallest absolute Gasteiger partial charge is 0.235 e. The molecule has 6 heteroatoms. The molecule has 0 amide bonds. The van der Waals surface area contributed by atoms with Crippen LogP contribution in [0.2, 0.25) is 0 Å².